The molecule has 0 radical (unpaired) electrons. The molecule has 1 aliphatic rings. The molecule has 0 aliphatic carbocycles. The second kappa shape index (κ2) is 8.06. The molecule has 1 N–H and O–H groups in total. The van der Waals surface area contributed by atoms with Crippen molar-refractivity contribution in [2.45, 2.75) is 25.8 Å². The number of likely N-dealkylation sites (tertiary alicyclic amines) is 1. The fourth-order valence-electron chi connectivity index (χ4n) is 3.30. The van der Waals surface area contributed by atoms with Crippen molar-refractivity contribution in [2.24, 2.45) is 5.92 Å². The lowest BCUT2D eigenvalue weighted by molar-refractivity contribution is -0.132. The standard InChI is InChI=1S/C20H25N3O/c1-16-8-7-13-23(15-16)19(24)14-22-20(17-9-3-2-4-10-17)18-11-5-6-12-21-18/h2-6,9-12,16,20,22H,7-8,13-15H2,1H3. The first-order valence-corrected chi connectivity index (χ1v) is 8.71. The minimum absolute atomic E-state index is 0.0708. The molecule has 3 rings (SSSR count). The van der Waals surface area contributed by atoms with Crippen LogP contribution in [-0.4, -0.2) is 35.4 Å². The third kappa shape index (κ3) is 4.20. The van der Waals surface area contributed by atoms with Crippen LogP contribution in [0.25, 0.3) is 0 Å². The van der Waals surface area contributed by atoms with E-state index in [1.54, 1.807) is 6.20 Å². The van der Waals surface area contributed by atoms with Crippen molar-refractivity contribution in [2.75, 3.05) is 19.6 Å². The van der Waals surface area contributed by atoms with E-state index in [1.807, 2.05) is 41.3 Å². The fourth-order valence-corrected chi connectivity index (χ4v) is 3.30. The van der Waals surface area contributed by atoms with E-state index >= 15 is 0 Å². The van der Waals surface area contributed by atoms with Crippen LogP contribution in [0, 0.1) is 5.92 Å². The van der Waals surface area contributed by atoms with Crippen molar-refractivity contribution in [1.29, 1.82) is 0 Å². The number of aromatic nitrogens is 1. The minimum Gasteiger partial charge on any atom is -0.341 e. The minimum atomic E-state index is -0.0708. The molecular weight excluding hydrogens is 298 g/mol. The highest BCUT2D eigenvalue weighted by Gasteiger charge is 2.22. The van der Waals surface area contributed by atoms with Crippen LogP contribution in [-0.2, 0) is 4.79 Å². The van der Waals surface area contributed by atoms with Gasteiger partial charge >= 0.3 is 0 Å². The van der Waals surface area contributed by atoms with Gasteiger partial charge in [0.1, 0.15) is 0 Å². The fraction of sp³-hybridized carbons (Fsp3) is 0.400. The molecule has 0 saturated carbocycles. The average Bonchev–Trinajstić information content (AvgIpc) is 2.63. The molecule has 0 spiro atoms. The third-order valence-corrected chi connectivity index (χ3v) is 4.58. The van der Waals surface area contributed by atoms with Gasteiger partial charge in [-0.3, -0.25) is 15.1 Å². The van der Waals surface area contributed by atoms with Gasteiger partial charge in [-0.2, -0.15) is 0 Å². The molecule has 1 aromatic carbocycles. The number of piperidine rings is 1. The van der Waals surface area contributed by atoms with Crippen molar-refractivity contribution in [3.63, 3.8) is 0 Å². The predicted octanol–water partition coefficient (Wildman–Crippen LogP) is 3.02. The smallest absolute Gasteiger partial charge is 0.236 e. The van der Waals surface area contributed by atoms with Crippen LogP contribution in [0.1, 0.15) is 37.1 Å². The number of nitrogens with zero attached hydrogens (tertiary/aromatic N) is 2. The third-order valence-electron chi connectivity index (χ3n) is 4.58. The maximum absolute atomic E-state index is 12.6. The molecule has 24 heavy (non-hydrogen) atoms. The highest BCUT2D eigenvalue weighted by atomic mass is 16.2. The summed E-state index contributed by atoms with van der Waals surface area (Å²) in [7, 11) is 0. The molecule has 0 bridgehead atoms. The molecule has 4 heteroatoms. The van der Waals surface area contributed by atoms with E-state index < -0.39 is 0 Å². The van der Waals surface area contributed by atoms with Gasteiger partial charge in [0.15, 0.2) is 0 Å². The Kier molecular flexibility index (Phi) is 5.59. The number of nitrogens with one attached hydrogen (secondary N) is 1. The molecule has 4 nitrogen and oxygen atoms in total. The maximum atomic E-state index is 12.6. The lowest BCUT2D eigenvalue weighted by Gasteiger charge is -2.31. The highest BCUT2D eigenvalue weighted by Crippen LogP contribution is 2.20. The lowest BCUT2D eigenvalue weighted by atomic mass is 10.00. The molecule has 1 aromatic heterocycles. The summed E-state index contributed by atoms with van der Waals surface area (Å²) in [4.78, 5) is 19.0. The van der Waals surface area contributed by atoms with Crippen LogP contribution >= 0.6 is 0 Å². The van der Waals surface area contributed by atoms with Gasteiger partial charge in [-0.05, 0) is 36.5 Å². The number of hydrogen-bond acceptors (Lipinski definition) is 3. The number of rotatable bonds is 5. The van der Waals surface area contributed by atoms with Crippen molar-refractivity contribution in [3.8, 4) is 0 Å². The van der Waals surface area contributed by atoms with Gasteiger partial charge in [0, 0.05) is 19.3 Å². The monoisotopic (exact) mass is 323 g/mol. The molecule has 2 heterocycles. The Bertz CT molecular complexity index is 605. The van der Waals surface area contributed by atoms with E-state index in [9.17, 15) is 4.79 Å². The first-order valence-electron chi connectivity index (χ1n) is 8.71. The normalized spacial score (nSPS) is 19.0. The molecule has 1 amide bonds. The first-order chi connectivity index (χ1) is 11.7. The van der Waals surface area contributed by atoms with Crippen molar-refractivity contribution >= 4 is 5.91 Å². The van der Waals surface area contributed by atoms with E-state index in [1.165, 1.54) is 6.42 Å². The number of hydrogen-bond donors (Lipinski definition) is 1. The Hall–Kier alpha value is -2.20. The van der Waals surface area contributed by atoms with Crippen LogP contribution in [0.4, 0.5) is 0 Å². The number of carbonyl (C=O) groups is 1. The summed E-state index contributed by atoms with van der Waals surface area (Å²) >= 11 is 0. The number of amides is 1. The van der Waals surface area contributed by atoms with Crippen LogP contribution in [0.5, 0.6) is 0 Å². The summed E-state index contributed by atoms with van der Waals surface area (Å²) in [6.07, 6.45) is 4.12. The largest absolute Gasteiger partial charge is 0.341 e. The van der Waals surface area contributed by atoms with Gasteiger partial charge in [-0.25, -0.2) is 0 Å². The second-order valence-corrected chi connectivity index (χ2v) is 6.57. The zero-order chi connectivity index (χ0) is 16.8. The Morgan fingerprint density at radius 1 is 1.25 bits per heavy atom. The number of pyridine rings is 1. The Morgan fingerprint density at radius 3 is 2.75 bits per heavy atom. The van der Waals surface area contributed by atoms with Gasteiger partial charge in [0.05, 0.1) is 18.3 Å². The lowest BCUT2D eigenvalue weighted by Crippen LogP contribution is -2.44. The maximum Gasteiger partial charge on any atom is 0.236 e. The topological polar surface area (TPSA) is 45.2 Å². The molecule has 1 aliphatic heterocycles. The van der Waals surface area contributed by atoms with Gasteiger partial charge in [-0.15, -0.1) is 0 Å². The Balaban J connectivity index is 1.69. The highest BCUT2D eigenvalue weighted by molar-refractivity contribution is 5.78. The molecule has 1 saturated heterocycles. The Labute approximate surface area is 143 Å². The Morgan fingerprint density at radius 2 is 2.04 bits per heavy atom. The molecule has 2 aromatic rings. The summed E-state index contributed by atoms with van der Waals surface area (Å²) in [5.74, 6) is 0.779. The summed E-state index contributed by atoms with van der Waals surface area (Å²) in [5.41, 5.74) is 2.06. The van der Waals surface area contributed by atoms with Crippen LogP contribution in [0.2, 0.25) is 0 Å². The molecule has 2 atom stereocenters. The summed E-state index contributed by atoms with van der Waals surface area (Å²) < 4.78 is 0. The van der Waals surface area contributed by atoms with E-state index in [2.05, 4.69) is 29.4 Å². The molecule has 1 fully saturated rings. The van der Waals surface area contributed by atoms with Gasteiger partial charge in [0.2, 0.25) is 5.91 Å². The van der Waals surface area contributed by atoms with E-state index in [0.29, 0.717) is 12.5 Å². The first kappa shape index (κ1) is 16.7. The number of benzene rings is 1. The van der Waals surface area contributed by atoms with E-state index in [4.69, 9.17) is 0 Å². The molecular formula is C20H25N3O. The quantitative estimate of drug-likeness (QED) is 0.920. The van der Waals surface area contributed by atoms with Gasteiger partial charge < -0.3 is 4.90 Å². The van der Waals surface area contributed by atoms with E-state index in [0.717, 1.165) is 30.8 Å². The second-order valence-electron chi connectivity index (χ2n) is 6.57. The van der Waals surface area contributed by atoms with Crippen molar-refractivity contribution in [3.05, 3.63) is 66.0 Å². The average molecular weight is 323 g/mol. The van der Waals surface area contributed by atoms with Gasteiger partial charge in [-0.1, -0.05) is 43.3 Å². The predicted molar refractivity (Wildman–Crippen MR) is 95.5 cm³/mol. The van der Waals surface area contributed by atoms with Crippen molar-refractivity contribution < 1.29 is 4.79 Å². The van der Waals surface area contributed by atoms with E-state index in [-0.39, 0.29) is 11.9 Å². The van der Waals surface area contributed by atoms with Crippen molar-refractivity contribution in [1.82, 2.24) is 15.2 Å². The van der Waals surface area contributed by atoms with Gasteiger partial charge in [0.25, 0.3) is 0 Å². The zero-order valence-electron chi connectivity index (χ0n) is 14.2. The summed E-state index contributed by atoms with van der Waals surface area (Å²) in [5, 5.41) is 3.41. The van der Waals surface area contributed by atoms with Crippen LogP contribution < -0.4 is 5.32 Å². The molecule has 2 unspecified atom stereocenters. The number of carbonyl (C=O) groups excluding carboxylic acids is 1. The zero-order valence-corrected chi connectivity index (χ0v) is 14.2. The van der Waals surface area contributed by atoms with Crippen LogP contribution in [0.3, 0.4) is 0 Å². The summed E-state index contributed by atoms with van der Waals surface area (Å²) in [6.45, 7) is 4.31. The summed E-state index contributed by atoms with van der Waals surface area (Å²) in [6, 6.07) is 16.0. The van der Waals surface area contributed by atoms with Crippen LogP contribution in [0.15, 0.2) is 54.7 Å². The molecule has 126 valence electrons. The SMILES string of the molecule is CC1CCCN(C(=O)CNC(c2ccccc2)c2ccccn2)C1.